The molecule has 0 bridgehead atoms. The smallest absolute Gasteiger partial charge is 0.238 e. The van der Waals surface area contributed by atoms with E-state index >= 15 is 0 Å². The number of fused-ring (bicyclic) bond motifs is 14. The average Bonchev–Trinajstić information content (AvgIpc) is 1.55. The molecule has 0 unspecified atom stereocenters. The summed E-state index contributed by atoms with van der Waals surface area (Å²) in [5.74, 6) is 5.36. The molecule has 0 atom stereocenters. The lowest BCUT2D eigenvalue weighted by atomic mass is 10.0. The second kappa shape index (κ2) is 30.8. The molecule has 0 spiro atoms. The molecule has 24 aromatic rings. The molecule has 0 saturated heterocycles. The minimum atomic E-state index is 0.548. The highest BCUT2D eigenvalue weighted by atomic mass is 15.2. The van der Waals surface area contributed by atoms with E-state index in [-0.39, 0.29) is 0 Å². The summed E-state index contributed by atoms with van der Waals surface area (Å²) in [6.07, 6.45) is 0. The largest absolute Gasteiger partial charge is 0.309 e. The van der Waals surface area contributed by atoms with Crippen LogP contribution in [-0.2, 0) is 0 Å². The van der Waals surface area contributed by atoms with Crippen LogP contribution in [-0.4, -0.2) is 58.1 Å². The van der Waals surface area contributed by atoms with Crippen molar-refractivity contribution in [3.05, 3.63) is 437 Å². The molecule has 24 rings (SSSR count). The van der Waals surface area contributed by atoms with E-state index in [9.17, 15) is 0 Å². The van der Waals surface area contributed by atoms with E-state index in [1.807, 2.05) is 97.1 Å². The summed E-state index contributed by atoms with van der Waals surface area (Å²) < 4.78 is 9.30. The van der Waals surface area contributed by atoms with Gasteiger partial charge in [0.15, 0.2) is 29.1 Å². The summed E-state index contributed by atoms with van der Waals surface area (Å²) >= 11 is 0. The monoisotopic (exact) mass is 1580 g/mol. The molecule has 8 heterocycles. The molecule has 0 aliphatic carbocycles. The number of hydrogen-bond donors (Lipinski definition) is 0. The number of para-hydroxylation sites is 4. The van der Waals surface area contributed by atoms with Gasteiger partial charge in [-0.05, 0) is 118 Å². The Labute approximate surface area is 713 Å². The first kappa shape index (κ1) is 72.3. The molecule has 12 nitrogen and oxygen atoms in total. The van der Waals surface area contributed by atoms with Gasteiger partial charge in [0.05, 0.1) is 55.5 Å². The standard InChI is InChI=1S/2C56H36N6/c1-5-17-37(18-6-1)39-29-31-42(32-30-39)55-58-54(41-23-11-4-12-24-41)59-56(60-55)62-48-27-15-13-25-44(48)45-33-34-50-52(53(45)62)46-26-14-16-28-49(46)61(50)51-36-43(38-19-7-2-8-20-38)35-47(57-51)40-21-9-3-10-22-40;1-5-17-37(18-6-1)42-35-47(38-19-7-2-8-20-38)57-51(36-42)62-49-28-16-14-26-46(49)52-50(62)34-33-45-44-25-13-15-27-48(44)61(53(45)52)43-31-29-41(30-32-43)56-59-54(39-21-9-3-10-22-39)58-55(60-56)40-23-11-4-12-24-40/h2*1-36H. The quantitative estimate of drug-likeness (QED) is 0.105. The fraction of sp³-hybridized carbons (Fsp3) is 0. The maximum absolute atomic E-state index is 5.41. The summed E-state index contributed by atoms with van der Waals surface area (Å²) in [7, 11) is 0. The van der Waals surface area contributed by atoms with E-state index in [2.05, 4.69) is 358 Å². The molecular formula is C112H72N12. The predicted molar refractivity (Wildman–Crippen MR) is 507 cm³/mol. The number of aromatic nitrogens is 12. The molecule has 0 saturated carbocycles. The molecule has 580 valence electrons. The summed E-state index contributed by atoms with van der Waals surface area (Å²) in [5.41, 5.74) is 25.0. The van der Waals surface area contributed by atoms with Crippen LogP contribution in [0.15, 0.2) is 437 Å². The van der Waals surface area contributed by atoms with Gasteiger partial charge in [0.1, 0.15) is 11.6 Å². The maximum Gasteiger partial charge on any atom is 0.238 e. The first-order chi connectivity index (χ1) is 61.5. The zero-order chi connectivity index (χ0) is 82.0. The molecule has 0 aliphatic rings. The predicted octanol–water partition coefficient (Wildman–Crippen LogP) is 27.6. The van der Waals surface area contributed by atoms with Gasteiger partial charge >= 0.3 is 0 Å². The lowest BCUT2D eigenvalue weighted by Crippen LogP contribution is -2.06. The molecule has 0 radical (unpaired) electrons. The van der Waals surface area contributed by atoms with Crippen molar-refractivity contribution in [3.63, 3.8) is 0 Å². The third kappa shape index (κ3) is 12.9. The molecule has 0 N–H and O–H groups in total. The van der Waals surface area contributed by atoms with E-state index in [1.54, 1.807) is 0 Å². The Balaban J connectivity index is 0.000000143. The number of nitrogens with zero attached hydrogens (tertiary/aromatic N) is 12. The summed E-state index contributed by atoms with van der Waals surface area (Å²) in [6, 6.07) is 152. The molecule has 16 aromatic carbocycles. The molecule has 0 amide bonds. The van der Waals surface area contributed by atoms with E-state index in [0.717, 1.165) is 172 Å². The SMILES string of the molecule is c1ccc(-c2cc(-c3ccccc3)nc(-n3c4ccccc4c4c3ccc3c5ccccc5n(-c5ccc(-c6nc(-c7ccccc7)nc(-c7ccccc7)n6)cc5)c34)c2)cc1.c1ccc(-c2ccc(-c3nc(-c4ccccc4)nc(-n4c5ccccc5c5ccc6c(c7ccccc7n6-c6cc(-c7ccccc7)cc(-c7ccccc7)n6)c54)n3)cc2)cc1. The van der Waals surface area contributed by atoms with Crippen LogP contribution in [0.1, 0.15) is 0 Å². The Hall–Kier alpha value is -17.0. The minimum absolute atomic E-state index is 0.548. The number of pyridine rings is 2. The third-order valence-electron chi connectivity index (χ3n) is 23.6. The number of hydrogen-bond acceptors (Lipinski definition) is 8. The highest BCUT2D eigenvalue weighted by Gasteiger charge is 2.27. The number of benzene rings is 16. The summed E-state index contributed by atoms with van der Waals surface area (Å²) in [5, 5.41) is 9.15. The highest BCUT2D eigenvalue weighted by Crippen LogP contribution is 2.46. The molecule has 8 aromatic heterocycles. The van der Waals surface area contributed by atoms with E-state index in [0.29, 0.717) is 35.1 Å². The first-order valence-corrected chi connectivity index (χ1v) is 41.6. The van der Waals surface area contributed by atoms with Crippen LogP contribution >= 0.6 is 0 Å². The van der Waals surface area contributed by atoms with Crippen molar-refractivity contribution in [2.24, 2.45) is 0 Å². The molecular weight excluding hydrogens is 1510 g/mol. The van der Waals surface area contributed by atoms with Crippen LogP contribution in [0, 0.1) is 0 Å². The Morgan fingerprint density at radius 1 is 0.153 bits per heavy atom. The summed E-state index contributed by atoms with van der Waals surface area (Å²) in [4.78, 5) is 41.5. The second-order valence-corrected chi connectivity index (χ2v) is 31.0. The van der Waals surface area contributed by atoms with Crippen molar-refractivity contribution >= 4 is 87.2 Å². The van der Waals surface area contributed by atoms with Gasteiger partial charge in [-0.2, -0.15) is 9.97 Å². The van der Waals surface area contributed by atoms with Gasteiger partial charge in [-0.25, -0.2) is 29.9 Å². The Morgan fingerprint density at radius 2 is 0.419 bits per heavy atom. The van der Waals surface area contributed by atoms with Crippen LogP contribution in [0.3, 0.4) is 0 Å². The van der Waals surface area contributed by atoms with Gasteiger partial charge < -0.3 is 4.57 Å². The fourth-order valence-electron chi connectivity index (χ4n) is 17.8. The molecule has 124 heavy (non-hydrogen) atoms. The van der Waals surface area contributed by atoms with Gasteiger partial charge in [-0.1, -0.05) is 352 Å². The van der Waals surface area contributed by atoms with Crippen LogP contribution in [0.25, 0.3) is 223 Å². The average molecular weight is 1590 g/mol. The molecule has 0 aliphatic heterocycles. The van der Waals surface area contributed by atoms with Gasteiger partial charge in [-0.15, -0.1) is 0 Å². The van der Waals surface area contributed by atoms with Crippen molar-refractivity contribution in [3.8, 4) is 136 Å². The van der Waals surface area contributed by atoms with Crippen molar-refractivity contribution in [1.29, 1.82) is 0 Å². The molecule has 12 heteroatoms. The lowest BCUT2D eigenvalue weighted by Gasteiger charge is -2.13. The highest BCUT2D eigenvalue weighted by molar-refractivity contribution is 6.28. The Kier molecular flexibility index (Phi) is 17.9. The van der Waals surface area contributed by atoms with Crippen LogP contribution in [0.2, 0.25) is 0 Å². The van der Waals surface area contributed by atoms with E-state index in [1.165, 1.54) is 16.2 Å². The van der Waals surface area contributed by atoms with Crippen molar-refractivity contribution in [1.82, 2.24) is 58.1 Å². The van der Waals surface area contributed by atoms with Gasteiger partial charge in [0.2, 0.25) is 5.95 Å². The second-order valence-electron chi connectivity index (χ2n) is 31.0. The zero-order valence-corrected chi connectivity index (χ0v) is 66.9. The van der Waals surface area contributed by atoms with E-state index in [4.69, 9.17) is 39.9 Å². The number of rotatable bonds is 14. The minimum Gasteiger partial charge on any atom is -0.309 e. The van der Waals surface area contributed by atoms with Crippen LogP contribution in [0.5, 0.6) is 0 Å². The summed E-state index contributed by atoms with van der Waals surface area (Å²) in [6.45, 7) is 0. The van der Waals surface area contributed by atoms with E-state index < -0.39 is 0 Å². The zero-order valence-electron chi connectivity index (χ0n) is 66.9. The molecule has 0 fully saturated rings. The van der Waals surface area contributed by atoms with Crippen molar-refractivity contribution < 1.29 is 0 Å². The van der Waals surface area contributed by atoms with Gasteiger partial charge in [0, 0.05) is 87.7 Å². The maximum atomic E-state index is 5.41. The topological polar surface area (TPSA) is 123 Å². The Bertz CT molecular complexity index is 7990. The third-order valence-corrected chi connectivity index (χ3v) is 23.6. The normalized spacial score (nSPS) is 11.5. The van der Waals surface area contributed by atoms with Crippen LogP contribution < -0.4 is 0 Å². The first-order valence-electron chi connectivity index (χ1n) is 41.6. The van der Waals surface area contributed by atoms with Crippen molar-refractivity contribution in [2.75, 3.05) is 0 Å². The van der Waals surface area contributed by atoms with Crippen molar-refractivity contribution in [2.45, 2.75) is 0 Å². The lowest BCUT2D eigenvalue weighted by molar-refractivity contribution is 0.955. The van der Waals surface area contributed by atoms with Gasteiger partial charge in [-0.3, -0.25) is 13.7 Å². The Morgan fingerprint density at radius 3 is 0.798 bits per heavy atom. The fourth-order valence-corrected chi connectivity index (χ4v) is 17.8. The van der Waals surface area contributed by atoms with Crippen LogP contribution in [0.4, 0.5) is 0 Å². The van der Waals surface area contributed by atoms with Gasteiger partial charge in [0.25, 0.3) is 0 Å².